The first kappa shape index (κ1) is 12.2. The molecule has 0 radical (unpaired) electrons. The maximum Gasteiger partial charge on any atom is 0.251 e. The molecule has 0 aliphatic carbocycles. The molecule has 1 amide bonds. The van der Waals surface area contributed by atoms with Crippen LogP contribution in [0.5, 0.6) is 0 Å². The number of H-pyrrole nitrogens is 1. The Morgan fingerprint density at radius 3 is 3.21 bits per heavy atom. The standard InChI is InChI=1S/C14H18N4O/c1-9-6-12(4-5-15-9)17-14(19)10-2-3-11-8-16-18-13(11)7-10/h2-3,7-9,12,15H,4-6H2,1H3,(H,16,18)(H,17,19). The SMILES string of the molecule is CC1CC(NC(=O)c2ccc3cn[nH]c3c2)CCN1. The molecule has 0 saturated carbocycles. The van der Waals surface area contributed by atoms with Crippen molar-refractivity contribution in [1.29, 1.82) is 0 Å². The Balaban J connectivity index is 1.72. The van der Waals surface area contributed by atoms with Gasteiger partial charge in [-0.05, 0) is 38.4 Å². The summed E-state index contributed by atoms with van der Waals surface area (Å²) in [4.78, 5) is 12.2. The van der Waals surface area contributed by atoms with Gasteiger partial charge in [0.05, 0.1) is 11.7 Å². The lowest BCUT2D eigenvalue weighted by atomic mass is 10.00. The number of amides is 1. The van der Waals surface area contributed by atoms with Crippen LogP contribution in [0.3, 0.4) is 0 Å². The number of benzene rings is 1. The van der Waals surface area contributed by atoms with Crippen LogP contribution in [0.1, 0.15) is 30.1 Å². The van der Waals surface area contributed by atoms with Gasteiger partial charge in [0, 0.05) is 23.0 Å². The average Bonchev–Trinajstić information content (AvgIpc) is 2.85. The maximum atomic E-state index is 12.2. The highest BCUT2D eigenvalue weighted by Crippen LogP contribution is 2.14. The molecular weight excluding hydrogens is 240 g/mol. The van der Waals surface area contributed by atoms with E-state index in [1.54, 1.807) is 6.20 Å². The summed E-state index contributed by atoms with van der Waals surface area (Å²) in [5, 5.41) is 14.4. The number of hydrogen-bond acceptors (Lipinski definition) is 3. The topological polar surface area (TPSA) is 69.8 Å². The number of fused-ring (bicyclic) bond motifs is 1. The predicted octanol–water partition coefficient (Wildman–Crippen LogP) is 1.43. The minimum absolute atomic E-state index is 0.00407. The van der Waals surface area contributed by atoms with E-state index in [0.29, 0.717) is 11.6 Å². The van der Waals surface area contributed by atoms with Crippen molar-refractivity contribution in [2.75, 3.05) is 6.54 Å². The van der Waals surface area contributed by atoms with E-state index in [2.05, 4.69) is 27.8 Å². The molecule has 0 bridgehead atoms. The van der Waals surface area contributed by atoms with E-state index < -0.39 is 0 Å². The molecule has 1 aliphatic heterocycles. The van der Waals surface area contributed by atoms with Crippen molar-refractivity contribution in [3.63, 3.8) is 0 Å². The number of aromatic amines is 1. The summed E-state index contributed by atoms with van der Waals surface area (Å²) in [5.41, 5.74) is 1.58. The van der Waals surface area contributed by atoms with Gasteiger partial charge in [-0.3, -0.25) is 9.89 Å². The first-order valence-corrected chi connectivity index (χ1v) is 6.70. The van der Waals surface area contributed by atoms with Crippen molar-refractivity contribution in [3.05, 3.63) is 30.0 Å². The second-order valence-corrected chi connectivity index (χ2v) is 5.22. The maximum absolute atomic E-state index is 12.2. The molecule has 1 saturated heterocycles. The number of rotatable bonds is 2. The van der Waals surface area contributed by atoms with Gasteiger partial charge >= 0.3 is 0 Å². The van der Waals surface area contributed by atoms with Crippen LogP contribution in [-0.2, 0) is 0 Å². The summed E-state index contributed by atoms with van der Waals surface area (Å²) in [6.45, 7) is 3.11. The number of piperidine rings is 1. The third-order valence-corrected chi connectivity index (χ3v) is 3.66. The normalized spacial score (nSPS) is 23.4. The van der Waals surface area contributed by atoms with Gasteiger partial charge in [-0.1, -0.05) is 6.07 Å². The van der Waals surface area contributed by atoms with E-state index in [0.717, 1.165) is 30.3 Å². The molecule has 5 nitrogen and oxygen atoms in total. The molecule has 100 valence electrons. The third kappa shape index (κ3) is 2.61. The van der Waals surface area contributed by atoms with Crippen LogP contribution in [0.15, 0.2) is 24.4 Å². The molecule has 19 heavy (non-hydrogen) atoms. The van der Waals surface area contributed by atoms with E-state index >= 15 is 0 Å². The number of nitrogens with zero attached hydrogens (tertiary/aromatic N) is 1. The molecular formula is C14H18N4O. The van der Waals surface area contributed by atoms with Gasteiger partial charge in [0.2, 0.25) is 0 Å². The zero-order valence-corrected chi connectivity index (χ0v) is 10.9. The number of carbonyl (C=O) groups is 1. The molecule has 1 aromatic carbocycles. The van der Waals surface area contributed by atoms with E-state index in [-0.39, 0.29) is 11.9 Å². The van der Waals surface area contributed by atoms with Crippen LogP contribution in [0, 0.1) is 0 Å². The van der Waals surface area contributed by atoms with Gasteiger partial charge < -0.3 is 10.6 Å². The first-order valence-electron chi connectivity index (χ1n) is 6.70. The summed E-state index contributed by atoms with van der Waals surface area (Å²) >= 11 is 0. The Kier molecular flexibility index (Phi) is 3.21. The van der Waals surface area contributed by atoms with Crippen molar-refractivity contribution in [2.45, 2.75) is 31.8 Å². The van der Waals surface area contributed by atoms with E-state index in [1.807, 2.05) is 18.2 Å². The lowest BCUT2D eigenvalue weighted by Gasteiger charge is -2.28. The Morgan fingerprint density at radius 1 is 1.47 bits per heavy atom. The summed E-state index contributed by atoms with van der Waals surface area (Å²) in [5.74, 6) is -0.00407. The summed E-state index contributed by atoms with van der Waals surface area (Å²) in [6, 6.07) is 6.34. The largest absolute Gasteiger partial charge is 0.349 e. The van der Waals surface area contributed by atoms with Gasteiger partial charge in [-0.25, -0.2) is 0 Å². The van der Waals surface area contributed by atoms with E-state index in [1.165, 1.54) is 0 Å². The van der Waals surface area contributed by atoms with Crippen LogP contribution in [-0.4, -0.2) is 34.7 Å². The number of nitrogens with one attached hydrogen (secondary N) is 3. The number of hydrogen-bond donors (Lipinski definition) is 3. The minimum atomic E-state index is -0.00407. The number of carbonyl (C=O) groups excluding carboxylic acids is 1. The smallest absolute Gasteiger partial charge is 0.251 e. The fourth-order valence-electron chi connectivity index (χ4n) is 2.61. The molecule has 1 aromatic heterocycles. The monoisotopic (exact) mass is 258 g/mol. The highest BCUT2D eigenvalue weighted by atomic mass is 16.1. The summed E-state index contributed by atoms with van der Waals surface area (Å²) in [7, 11) is 0. The lowest BCUT2D eigenvalue weighted by molar-refractivity contribution is 0.0926. The second kappa shape index (κ2) is 5.01. The lowest BCUT2D eigenvalue weighted by Crippen LogP contribution is -2.46. The molecule has 2 aromatic rings. The summed E-state index contributed by atoms with van der Waals surface area (Å²) in [6.07, 6.45) is 3.73. The van der Waals surface area contributed by atoms with Crippen molar-refractivity contribution in [3.8, 4) is 0 Å². The molecule has 2 atom stereocenters. The molecule has 1 fully saturated rings. The van der Waals surface area contributed by atoms with Crippen molar-refractivity contribution < 1.29 is 4.79 Å². The Morgan fingerprint density at radius 2 is 2.37 bits per heavy atom. The number of aromatic nitrogens is 2. The molecule has 2 unspecified atom stereocenters. The highest BCUT2D eigenvalue weighted by Gasteiger charge is 2.20. The van der Waals surface area contributed by atoms with Crippen LogP contribution in [0.2, 0.25) is 0 Å². The molecule has 2 heterocycles. The average molecular weight is 258 g/mol. The fourth-order valence-corrected chi connectivity index (χ4v) is 2.61. The third-order valence-electron chi connectivity index (χ3n) is 3.66. The van der Waals surface area contributed by atoms with Crippen molar-refractivity contribution in [2.24, 2.45) is 0 Å². The fraction of sp³-hybridized carbons (Fsp3) is 0.429. The van der Waals surface area contributed by atoms with Crippen molar-refractivity contribution >= 4 is 16.8 Å². The van der Waals surface area contributed by atoms with E-state index in [4.69, 9.17) is 0 Å². The van der Waals surface area contributed by atoms with Crippen LogP contribution in [0.25, 0.3) is 10.9 Å². The zero-order valence-electron chi connectivity index (χ0n) is 10.9. The first-order chi connectivity index (χ1) is 9.22. The predicted molar refractivity (Wildman–Crippen MR) is 74.0 cm³/mol. The van der Waals surface area contributed by atoms with Crippen LogP contribution >= 0.6 is 0 Å². The van der Waals surface area contributed by atoms with Crippen LogP contribution < -0.4 is 10.6 Å². The molecule has 3 N–H and O–H groups in total. The van der Waals surface area contributed by atoms with Crippen molar-refractivity contribution in [1.82, 2.24) is 20.8 Å². The molecule has 3 rings (SSSR count). The summed E-state index contributed by atoms with van der Waals surface area (Å²) < 4.78 is 0. The Labute approximate surface area is 111 Å². The molecule has 1 aliphatic rings. The Bertz CT molecular complexity index is 592. The van der Waals surface area contributed by atoms with Gasteiger partial charge in [-0.15, -0.1) is 0 Å². The molecule has 5 heteroatoms. The van der Waals surface area contributed by atoms with Gasteiger partial charge in [0.15, 0.2) is 0 Å². The van der Waals surface area contributed by atoms with Gasteiger partial charge in [-0.2, -0.15) is 5.10 Å². The zero-order chi connectivity index (χ0) is 13.2. The Hall–Kier alpha value is -1.88. The molecule has 0 spiro atoms. The van der Waals surface area contributed by atoms with Gasteiger partial charge in [0.25, 0.3) is 5.91 Å². The highest BCUT2D eigenvalue weighted by molar-refractivity contribution is 5.97. The van der Waals surface area contributed by atoms with E-state index in [9.17, 15) is 4.79 Å². The second-order valence-electron chi connectivity index (χ2n) is 5.22. The minimum Gasteiger partial charge on any atom is -0.349 e. The van der Waals surface area contributed by atoms with Crippen LogP contribution in [0.4, 0.5) is 0 Å². The quantitative estimate of drug-likeness (QED) is 0.763. The van der Waals surface area contributed by atoms with Gasteiger partial charge in [0.1, 0.15) is 0 Å².